The van der Waals surface area contributed by atoms with Gasteiger partial charge >= 0.3 is 0 Å². The lowest BCUT2D eigenvalue weighted by atomic mass is 10.1. The molecule has 0 saturated carbocycles. The molecule has 3 aromatic rings. The molecule has 3 N–H and O–H groups in total. The highest BCUT2D eigenvalue weighted by molar-refractivity contribution is 5.52. The van der Waals surface area contributed by atoms with Crippen LogP contribution in [0.4, 0.5) is 5.95 Å². The monoisotopic (exact) mass is 382 g/mol. The predicted molar refractivity (Wildman–Crippen MR) is 112 cm³/mol. The maximum Gasteiger partial charge on any atom is 0.228 e. The van der Waals surface area contributed by atoms with Crippen molar-refractivity contribution in [1.29, 1.82) is 0 Å². The Hall–Kier alpha value is -2.67. The average Bonchev–Trinajstić information content (AvgIpc) is 3.13. The minimum Gasteiger partial charge on any atom is -0.497 e. The second kappa shape index (κ2) is 9.01. The molecule has 0 spiro atoms. The van der Waals surface area contributed by atoms with Crippen LogP contribution in [0.3, 0.4) is 0 Å². The molecule has 0 saturated heterocycles. The topological polar surface area (TPSA) is 90.4 Å². The molecule has 0 radical (unpaired) electrons. The zero-order valence-electron chi connectivity index (χ0n) is 17.1. The highest BCUT2D eigenvalue weighted by Gasteiger charge is 2.17. The van der Waals surface area contributed by atoms with Crippen LogP contribution in [0.15, 0.2) is 30.5 Å². The van der Waals surface area contributed by atoms with Gasteiger partial charge < -0.3 is 15.8 Å². The van der Waals surface area contributed by atoms with Crippen molar-refractivity contribution >= 4 is 11.6 Å². The third-order valence-corrected chi connectivity index (χ3v) is 4.86. The number of hydrogen-bond acceptors (Lipinski definition) is 6. The molecule has 0 fully saturated rings. The van der Waals surface area contributed by atoms with Crippen LogP contribution in [0, 0.1) is 0 Å². The summed E-state index contributed by atoms with van der Waals surface area (Å²) in [5.74, 6) is 2.70. The van der Waals surface area contributed by atoms with Gasteiger partial charge in [0.25, 0.3) is 0 Å². The molecule has 150 valence electrons. The fourth-order valence-electron chi connectivity index (χ4n) is 3.17. The van der Waals surface area contributed by atoms with E-state index in [2.05, 4.69) is 37.3 Å². The highest BCUT2D eigenvalue weighted by atomic mass is 16.5. The lowest BCUT2D eigenvalue weighted by molar-refractivity contribution is 0.414. The van der Waals surface area contributed by atoms with Crippen molar-refractivity contribution in [1.82, 2.24) is 19.6 Å². The van der Waals surface area contributed by atoms with Gasteiger partial charge in [0.1, 0.15) is 11.6 Å². The van der Waals surface area contributed by atoms with E-state index < -0.39 is 0 Å². The van der Waals surface area contributed by atoms with E-state index in [0.29, 0.717) is 18.4 Å². The van der Waals surface area contributed by atoms with Crippen LogP contribution in [0.1, 0.15) is 62.5 Å². The van der Waals surface area contributed by atoms with Crippen LogP contribution in [-0.2, 0) is 6.42 Å². The summed E-state index contributed by atoms with van der Waals surface area (Å²) in [6.45, 7) is 7.09. The van der Waals surface area contributed by atoms with Crippen molar-refractivity contribution in [2.75, 3.05) is 19.0 Å². The quantitative estimate of drug-likeness (QED) is 0.548. The van der Waals surface area contributed by atoms with Gasteiger partial charge in [-0.25, -0.2) is 4.98 Å². The van der Waals surface area contributed by atoms with Crippen LogP contribution in [0.25, 0.3) is 5.65 Å². The number of unbranched alkanes of at least 4 members (excludes halogenated alkanes) is 1. The number of anilines is 1. The van der Waals surface area contributed by atoms with Crippen LogP contribution < -0.4 is 15.8 Å². The maximum atomic E-state index is 5.64. The van der Waals surface area contributed by atoms with Gasteiger partial charge in [0.15, 0.2) is 5.65 Å². The number of nitrogens with two attached hydrogens (primary N) is 1. The summed E-state index contributed by atoms with van der Waals surface area (Å²) in [6, 6.07) is 8.07. The molecule has 1 atom stereocenters. The summed E-state index contributed by atoms with van der Waals surface area (Å²) in [4.78, 5) is 9.54. The van der Waals surface area contributed by atoms with Gasteiger partial charge in [0.2, 0.25) is 5.95 Å². The standard InChI is InChI=1S/C21H30N6O/c1-14(2)18-13-23-27-20(18)25-19(10-5-6-11-22)26-21(27)24-15(3)16-8-7-9-17(12-16)28-4/h7-9,12-15H,5-6,10-11,22H2,1-4H3,(H,24,25,26)/t15-/m0/s1. The number of nitrogens with zero attached hydrogens (tertiary/aromatic N) is 4. The van der Waals surface area contributed by atoms with Crippen LogP contribution >= 0.6 is 0 Å². The largest absolute Gasteiger partial charge is 0.497 e. The van der Waals surface area contributed by atoms with E-state index in [4.69, 9.17) is 20.4 Å². The number of nitrogens with one attached hydrogen (secondary N) is 1. The first-order chi connectivity index (χ1) is 13.5. The molecule has 7 nitrogen and oxygen atoms in total. The van der Waals surface area contributed by atoms with Crippen LogP contribution in [-0.4, -0.2) is 33.2 Å². The molecular weight excluding hydrogens is 352 g/mol. The smallest absolute Gasteiger partial charge is 0.228 e. The highest BCUT2D eigenvalue weighted by Crippen LogP contribution is 2.25. The number of aromatic nitrogens is 4. The van der Waals surface area contributed by atoms with E-state index in [-0.39, 0.29) is 6.04 Å². The van der Waals surface area contributed by atoms with Crippen molar-refractivity contribution in [2.45, 2.75) is 52.0 Å². The molecule has 0 aliphatic rings. The summed E-state index contributed by atoms with van der Waals surface area (Å²) in [7, 11) is 1.68. The lowest BCUT2D eigenvalue weighted by Crippen LogP contribution is -2.15. The van der Waals surface area contributed by atoms with Gasteiger partial charge in [-0.2, -0.15) is 14.6 Å². The lowest BCUT2D eigenvalue weighted by Gasteiger charge is -2.17. The van der Waals surface area contributed by atoms with Gasteiger partial charge in [-0.05, 0) is 49.9 Å². The van der Waals surface area contributed by atoms with E-state index in [1.807, 2.05) is 24.4 Å². The Labute approximate surface area is 166 Å². The number of hydrogen-bond donors (Lipinski definition) is 2. The number of aryl methyl sites for hydroxylation is 1. The fourth-order valence-corrected chi connectivity index (χ4v) is 3.17. The van der Waals surface area contributed by atoms with Gasteiger partial charge in [-0.3, -0.25) is 0 Å². The predicted octanol–water partition coefficient (Wildman–Crippen LogP) is 3.71. The van der Waals surface area contributed by atoms with E-state index >= 15 is 0 Å². The minimum absolute atomic E-state index is 0.0387. The first-order valence-electron chi connectivity index (χ1n) is 9.88. The Morgan fingerprint density at radius 3 is 2.71 bits per heavy atom. The van der Waals surface area contributed by atoms with Gasteiger partial charge in [0.05, 0.1) is 19.3 Å². The molecule has 7 heteroatoms. The maximum absolute atomic E-state index is 5.64. The average molecular weight is 383 g/mol. The normalized spacial score (nSPS) is 12.5. The van der Waals surface area contributed by atoms with E-state index in [1.54, 1.807) is 11.6 Å². The Morgan fingerprint density at radius 1 is 1.18 bits per heavy atom. The van der Waals surface area contributed by atoms with E-state index in [9.17, 15) is 0 Å². The van der Waals surface area contributed by atoms with Crippen molar-refractivity contribution in [3.05, 3.63) is 47.4 Å². The van der Waals surface area contributed by atoms with Crippen LogP contribution in [0.2, 0.25) is 0 Å². The molecule has 2 heterocycles. The van der Waals surface area contributed by atoms with Crippen molar-refractivity contribution < 1.29 is 4.74 Å². The summed E-state index contributed by atoms with van der Waals surface area (Å²) < 4.78 is 7.15. The van der Waals surface area contributed by atoms with Crippen molar-refractivity contribution in [2.24, 2.45) is 5.73 Å². The number of ether oxygens (including phenoxy) is 1. The van der Waals surface area contributed by atoms with Gasteiger partial charge in [-0.1, -0.05) is 26.0 Å². The first kappa shape index (κ1) is 20.1. The Bertz CT molecular complexity index is 920. The Morgan fingerprint density at radius 2 is 2.00 bits per heavy atom. The summed E-state index contributed by atoms with van der Waals surface area (Å²) >= 11 is 0. The molecule has 0 unspecified atom stereocenters. The Balaban J connectivity index is 1.95. The molecule has 3 rings (SSSR count). The molecule has 28 heavy (non-hydrogen) atoms. The molecule has 1 aromatic carbocycles. The summed E-state index contributed by atoms with van der Waals surface area (Å²) in [6.07, 6.45) is 4.63. The second-order valence-electron chi connectivity index (χ2n) is 7.34. The SMILES string of the molecule is COc1cccc([C@H](C)Nc2nc(CCCCN)nc3c(C(C)C)cnn23)c1. The van der Waals surface area contributed by atoms with E-state index in [0.717, 1.165) is 47.6 Å². The third kappa shape index (κ3) is 4.42. The summed E-state index contributed by atoms with van der Waals surface area (Å²) in [5.41, 5.74) is 8.75. The number of methoxy groups -OCH3 is 1. The van der Waals surface area contributed by atoms with E-state index in [1.165, 1.54) is 0 Å². The van der Waals surface area contributed by atoms with Gasteiger partial charge in [0, 0.05) is 12.0 Å². The molecule has 2 aromatic heterocycles. The van der Waals surface area contributed by atoms with Crippen LogP contribution in [0.5, 0.6) is 5.75 Å². The number of benzene rings is 1. The first-order valence-corrected chi connectivity index (χ1v) is 9.88. The third-order valence-electron chi connectivity index (χ3n) is 4.86. The zero-order valence-corrected chi connectivity index (χ0v) is 17.1. The number of fused-ring (bicyclic) bond motifs is 1. The molecule has 0 bridgehead atoms. The molecule has 0 aliphatic heterocycles. The minimum atomic E-state index is 0.0387. The summed E-state index contributed by atoms with van der Waals surface area (Å²) in [5, 5.41) is 8.05. The number of rotatable bonds is 9. The molecule has 0 amide bonds. The van der Waals surface area contributed by atoms with Crippen molar-refractivity contribution in [3.8, 4) is 5.75 Å². The molecular formula is C21H30N6O. The Kier molecular flexibility index (Phi) is 6.46. The van der Waals surface area contributed by atoms with Gasteiger partial charge in [-0.15, -0.1) is 0 Å². The van der Waals surface area contributed by atoms with Crippen molar-refractivity contribution in [3.63, 3.8) is 0 Å². The molecule has 0 aliphatic carbocycles. The zero-order chi connectivity index (χ0) is 20.1. The fraction of sp³-hybridized carbons (Fsp3) is 0.476. The second-order valence-corrected chi connectivity index (χ2v) is 7.34.